The van der Waals surface area contributed by atoms with Crippen LogP contribution in [0.3, 0.4) is 0 Å². The monoisotopic (exact) mass is 530 g/mol. The molecule has 4 heteroatoms. The van der Waals surface area contributed by atoms with Crippen molar-refractivity contribution in [2.24, 2.45) is 0 Å². The van der Waals surface area contributed by atoms with E-state index < -0.39 is 18.4 Å². The van der Waals surface area contributed by atoms with Gasteiger partial charge in [-0.2, -0.15) is 0 Å². The first-order chi connectivity index (χ1) is 15.7. The van der Waals surface area contributed by atoms with Crippen LogP contribution < -0.4 is 19.1 Å². The summed E-state index contributed by atoms with van der Waals surface area (Å²) in [6.45, 7) is 2.04. The van der Waals surface area contributed by atoms with E-state index >= 15 is 0 Å². The summed E-state index contributed by atoms with van der Waals surface area (Å²) in [5.41, 5.74) is 0. The maximum atomic E-state index is 11.8. The van der Waals surface area contributed by atoms with Gasteiger partial charge in [-0.05, 0) is 0 Å². The molecule has 0 bridgehead atoms. The van der Waals surface area contributed by atoms with Crippen molar-refractivity contribution in [3.05, 3.63) is 115 Å². The van der Waals surface area contributed by atoms with Gasteiger partial charge in [-0.25, -0.2) is 0 Å². The third-order valence-corrected chi connectivity index (χ3v) is 19.2. The van der Waals surface area contributed by atoms with E-state index in [0.29, 0.717) is 12.4 Å². The molecule has 160 valence electrons. The summed E-state index contributed by atoms with van der Waals surface area (Å²) in [4.78, 5) is 11.8. The van der Waals surface area contributed by atoms with Crippen LogP contribution in [0.25, 0.3) is 0 Å². The zero-order valence-corrected chi connectivity index (χ0v) is 21.0. The number of ether oxygens (including phenoxy) is 2. The second-order valence-electron chi connectivity index (χ2n) is 7.47. The molecular formula is C28H26O3Sn. The van der Waals surface area contributed by atoms with Crippen LogP contribution in [0.4, 0.5) is 0 Å². The summed E-state index contributed by atoms with van der Waals surface area (Å²) in [7, 11) is 0. The third-order valence-electron chi connectivity index (χ3n) is 5.55. The van der Waals surface area contributed by atoms with Crippen molar-refractivity contribution in [2.75, 3.05) is 13.2 Å². The molecule has 4 rings (SSSR count). The van der Waals surface area contributed by atoms with E-state index in [0.717, 1.165) is 0 Å². The molecular weight excluding hydrogens is 503 g/mol. The molecule has 0 aliphatic heterocycles. The van der Waals surface area contributed by atoms with E-state index in [1.54, 1.807) is 6.92 Å². The van der Waals surface area contributed by atoms with Gasteiger partial charge in [-0.15, -0.1) is 0 Å². The van der Waals surface area contributed by atoms with Crippen LogP contribution in [-0.2, 0) is 9.53 Å². The molecule has 0 radical (unpaired) electrons. The Balaban J connectivity index is 1.91. The second-order valence-corrected chi connectivity index (χ2v) is 18.3. The van der Waals surface area contributed by atoms with Crippen LogP contribution in [0.15, 0.2) is 115 Å². The van der Waals surface area contributed by atoms with E-state index in [4.69, 9.17) is 9.47 Å². The van der Waals surface area contributed by atoms with Crippen molar-refractivity contribution in [2.45, 2.75) is 6.92 Å². The standard InChI is InChI=1S/C10H11O3.3C6H5.Sn/c1-2-12-10(11)8-13-9-6-4-3-5-7-9;3*1-2-4-6-5-3-1;/h3-4,6-7H,2,8H2,1H3;3*1-5H;. The fourth-order valence-electron chi connectivity index (χ4n) is 4.23. The molecule has 32 heavy (non-hydrogen) atoms. The number of rotatable bonds is 8. The van der Waals surface area contributed by atoms with Gasteiger partial charge in [0.15, 0.2) is 0 Å². The number of hydrogen-bond acceptors (Lipinski definition) is 3. The Morgan fingerprint density at radius 1 is 0.656 bits per heavy atom. The number of carbonyl (C=O) groups is 1. The molecule has 3 nitrogen and oxygen atoms in total. The summed E-state index contributed by atoms with van der Waals surface area (Å²) in [6, 6.07) is 40.7. The summed E-state index contributed by atoms with van der Waals surface area (Å²) >= 11 is -3.65. The molecule has 0 atom stereocenters. The number of esters is 1. The zero-order chi connectivity index (χ0) is 22.2. The minimum absolute atomic E-state index is 0.0954. The summed E-state index contributed by atoms with van der Waals surface area (Å²) < 4.78 is 16.2. The molecule has 0 aliphatic rings. The summed E-state index contributed by atoms with van der Waals surface area (Å²) in [6.07, 6.45) is 0. The summed E-state index contributed by atoms with van der Waals surface area (Å²) in [5.74, 6) is 0.321. The molecule has 0 saturated carbocycles. The molecule has 4 aromatic carbocycles. The molecule has 0 N–H and O–H groups in total. The predicted octanol–water partition coefficient (Wildman–Crippen LogP) is 3.01. The van der Waals surface area contributed by atoms with E-state index in [9.17, 15) is 4.79 Å². The van der Waals surface area contributed by atoms with Crippen LogP contribution >= 0.6 is 0 Å². The van der Waals surface area contributed by atoms with Crippen LogP contribution in [0.2, 0.25) is 0 Å². The van der Waals surface area contributed by atoms with Crippen molar-refractivity contribution in [3.8, 4) is 5.75 Å². The SMILES string of the molecule is CCOC(=O)COc1ccc[c]([Sn]([c]2ccccc2)([c]2ccccc2)[c]2ccccc2)c1. The van der Waals surface area contributed by atoms with E-state index in [1.807, 2.05) is 12.1 Å². The Hall–Kier alpha value is -3.05. The Morgan fingerprint density at radius 2 is 1.12 bits per heavy atom. The molecule has 0 spiro atoms. The van der Waals surface area contributed by atoms with Crippen molar-refractivity contribution >= 4 is 38.7 Å². The first kappa shape index (κ1) is 22.2. The topological polar surface area (TPSA) is 35.5 Å². The van der Waals surface area contributed by atoms with Gasteiger partial charge in [-0.1, -0.05) is 0 Å². The van der Waals surface area contributed by atoms with Crippen molar-refractivity contribution in [3.63, 3.8) is 0 Å². The van der Waals surface area contributed by atoms with Gasteiger partial charge in [-0.3, -0.25) is 0 Å². The first-order valence-electron chi connectivity index (χ1n) is 10.8. The average Bonchev–Trinajstić information content (AvgIpc) is 2.86. The van der Waals surface area contributed by atoms with Crippen LogP contribution in [-0.4, -0.2) is 37.6 Å². The van der Waals surface area contributed by atoms with Gasteiger partial charge in [0, 0.05) is 0 Å². The summed E-state index contributed by atoms with van der Waals surface area (Å²) in [5, 5.41) is 0. The van der Waals surface area contributed by atoms with Crippen LogP contribution in [0, 0.1) is 0 Å². The van der Waals surface area contributed by atoms with Gasteiger partial charge < -0.3 is 0 Å². The molecule has 0 saturated heterocycles. The number of benzene rings is 4. The Bertz CT molecular complexity index is 1050. The number of hydrogen-bond donors (Lipinski definition) is 0. The maximum absolute atomic E-state index is 11.8. The minimum atomic E-state index is -3.65. The van der Waals surface area contributed by atoms with E-state index in [1.165, 1.54) is 14.3 Å². The zero-order valence-electron chi connectivity index (χ0n) is 18.1. The predicted molar refractivity (Wildman–Crippen MR) is 132 cm³/mol. The van der Waals surface area contributed by atoms with Gasteiger partial charge in [0.2, 0.25) is 0 Å². The fraction of sp³-hybridized carbons (Fsp3) is 0.107. The molecule has 0 aromatic heterocycles. The Kier molecular flexibility index (Phi) is 7.28. The van der Waals surface area contributed by atoms with Crippen LogP contribution in [0.1, 0.15) is 6.92 Å². The van der Waals surface area contributed by atoms with Gasteiger partial charge in [0.25, 0.3) is 0 Å². The van der Waals surface area contributed by atoms with Gasteiger partial charge in [0.05, 0.1) is 0 Å². The third kappa shape index (κ3) is 4.58. The number of carbonyl (C=O) groups excluding carboxylic acids is 1. The van der Waals surface area contributed by atoms with Gasteiger partial charge >= 0.3 is 194 Å². The van der Waals surface area contributed by atoms with Crippen LogP contribution in [0.5, 0.6) is 5.75 Å². The normalized spacial score (nSPS) is 11.0. The Labute approximate surface area is 193 Å². The second kappa shape index (κ2) is 10.5. The van der Waals surface area contributed by atoms with Gasteiger partial charge in [0.1, 0.15) is 0 Å². The van der Waals surface area contributed by atoms with E-state index in [2.05, 4.69) is 103 Å². The first-order valence-corrected chi connectivity index (χ1v) is 16.5. The molecule has 0 fully saturated rings. The Morgan fingerprint density at radius 3 is 1.59 bits per heavy atom. The molecule has 0 amide bonds. The quantitative estimate of drug-likeness (QED) is 0.260. The van der Waals surface area contributed by atoms with Crippen molar-refractivity contribution < 1.29 is 14.3 Å². The fourth-order valence-corrected chi connectivity index (χ4v) is 17.9. The van der Waals surface area contributed by atoms with Crippen molar-refractivity contribution in [1.82, 2.24) is 0 Å². The van der Waals surface area contributed by atoms with Crippen molar-refractivity contribution in [1.29, 1.82) is 0 Å². The van der Waals surface area contributed by atoms with E-state index in [-0.39, 0.29) is 12.6 Å². The average molecular weight is 529 g/mol. The molecule has 0 heterocycles. The molecule has 0 unspecified atom stereocenters. The molecule has 0 aliphatic carbocycles. The molecule has 4 aromatic rings.